The average molecular weight is 244 g/mol. The molecule has 1 aromatic carbocycles. The molecule has 0 spiro atoms. The van der Waals surface area contributed by atoms with E-state index in [-0.39, 0.29) is 23.8 Å². The van der Waals surface area contributed by atoms with Crippen LogP contribution in [-0.4, -0.2) is 29.3 Å². The third-order valence-corrected chi connectivity index (χ3v) is 3.76. The summed E-state index contributed by atoms with van der Waals surface area (Å²) in [5.41, 5.74) is 0.998. The highest BCUT2D eigenvalue weighted by Crippen LogP contribution is 2.28. The Kier molecular flexibility index (Phi) is 2.88. The van der Waals surface area contributed by atoms with Crippen molar-refractivity contribution in [2.75, 3.05) is 6.54 Å². The fraction of sp³-hybridized carbons (Fsp3) is 0.429. The van der Waals surface area contributed by atoms with Crippen LogP contribution in [0.4, 0.5) is 0 Å². The lowest BCUT2D eigenvalue weighted by Crippen LogP contribution is -2.44. The number of hydrogen-bond donors (Lipinski definition) is 1. The van der Waals surface area contributed by atoms with Crippen molar-refractivity contribution in [1.29, 1.82) is 0 Å². The number of rotatable bonds is 2. The summed E-state index contributed by atoms with van der Waals surface area (Å²) in [6.45, 7) is 1.23. The highest BCUT2D eigenvalue weighted by Gasteiger charge is 2.48. The van der Waals surface area contributed by atoms with Gasteiger partial charge >= 0.3 is 0 Å². The minimum absolute atomic E-state index is 0.0129. The van der Waals surface area contributed by atoms with E-state index in [1.54, 1.807) is 0 Å². The number of likely N-dealkylation sites (tertiary alicyclic amines) is 1. The van der Waals surface area contributed by atoms with Gasteiger partial charge in [-0.05, 0) is 24.9 Å². The van der Waals surface area contributed by atoms with Crippen molar-refractivity contribution < 1.29 is 9.59 Å². The van der Waals surface area contributed by atoms with Crippen LogP contribution in [0.3, 0.4) is 0 Å². The van der Waals surface area contributed by atoms with E-state index in [1.165, 1.54) is 4.90 Å². The molecule has 2 amide bonds. The first-order valence-electron chi connectivity index (χ1n) is 6.40. The highest BCUT2D eigenvalue weighted by molar-refractivity contribution is 6.07. The minimum atomic E-state index is -0.282. The molecule has 0 radical (unpaired) electrons. The van der Waals surface area contributed by atoms with Crippen molar-refractivity contribution in [3.63, 3.8) is 0 Å². The average Bonchev–Trinajstić information content (AvgIpc) is 2.66. The summed E-state index contributed by atoms with van der Waals surface area (Å²) in [5.74, 6) is -0.218. The summed E-state index contributed by atoms with van der Waals surface area (Å²) in [6, 6.07) is 9.37. The number of amides is 2. The lowest BCUT2D eigenvalue weighted by Gasteiger charge is -2.21. The fourth-order valence-corrected chi connectivity index (χ4v) is 2.81. The molecule has 2 fully saturated rings. The molecule has 3 rings (SSSR count). The Labute approximate surface area is 106 Å². The molecular weight excluding hydrogens is 228 g/mol. The predicted octanol–water partition coefficient (Wildman–Crippen LogP) is 0.924. The standard InChI is InChI=1S/C14H16N2O2/c17-13-11-7-4-8-15-12(11)14(18)16(13)9-10-5-2-1-3-6-10/h1-3,5-6,11-12,15H,4,7-9H2/t11-,12-/m1/s1. The van der Waals surface area contributed by atoms with Gasteiger partial charge in [-0.25, -0.2) is 0 Å². The number of fused-ring (bicyclic) bond motifs is 1. The van der Waals surface area contributed by atoms with E-state index in [2.05, 4.69) is 5.32 Å². The van der Waals surface area contributed by atoms with E-state index in [0.717, 1.165) is 24.9 Å². The number of nitrogens with one attached hydrogen (secondary N) is 1. The fourth-order valence-electron chi connectivity index (χ4n) is 2.81. The zero-order valence-electron chi connectivity index (χ0n) is 10.1. The van der Waals surface area contributed by atoms with Crippen LogP contribution in [-0.2, 0) is 16.1 Å². The number of carbonyl (C=O) groups is 2. The van der Waals surface area contributed by atoms with Gasteiger partial charge < -0.3 is 5.32 Å². The van der Waals surface area contributed by atoms with E-state index >= 15 is 0 Å². The smallest absolute Gasteiger partial charge is 0.247 e. The molecule has 0 saturated carbocycles. The van der Waals surface area contributed by atoms with E-state index in [9.17, 15) is 9.59 Å². The van der Waals surface area contributed by atoms with Gasteiger partial charge in [0.1, 0.15) is 0 Å². The minimum Gasteiger partial charge on any atom is -0.305 e. The number of nitrogens with zero attached hydrogens (tertiary/aromatic N) is 1. The van der Waals surface area contributed by atoms with E-state index < -0.39 is 0 Å². The molecule has 1 aromatic rings. The molecule has 2 aliphatic heterocycles. The van der Waals surface area contributed by atoms with Gasteiger partial charge in [-0.2, -0.15) is 0 Å². The summed E-state index contributed by atoms with van der Waals surface area (Å²) in [5, 5.41) is 3.16. The second kappa shape index (κ2) is 4.53. The Morgan fingerprint density at radius 1 is 1.17 bits per heavy atom. The van der Waals surface area contributed by atoms with Crippen LogP contribution in [0.25, 0.3) is 0 Å². The van der Waals surface area contributed by atoms with Crippen LogP contribution < -0.4 is 5.32 Å². The van der Waals surface area contributed by atoms with Gasteiger partial charge in [-0.15, -0.1) is 0 Å². The van der Waals surface area contributed by atoms with Crippen molar-refractivity contribution in [3.05, 3.63) is 35.9 Å². The van der Waals surface area contributed by atoms with E-state index in [1.807, 2.05) is 30.3 Å². The van der Waals surface area contributed by atoms with Crippen LogP contribution >= 0.6 is 0 Å². The molecule has 0 aromatic heterocycles. The molecule has 2 saturated heterocycles. The quantitative estimate of drug-likeness (QED) is 0.787. The van der Waals surface area contributed by atoms with Gasteiger partial charge in [0, 0.05) is 0 Å². The predicted molar refractivity (Wildman–Crippen MR) is 66.5 cm³/mol. The van der Waals surface area contributed by atoms with Gasteiger partial charge in [0.15, 0.2) is 0 Å². The molecule has 94 valence electrons. The summed E-state index contributed by atoms with van der Waals surface area (Å²) in [7, 11) is 0. The van der Waals surface area contributed by atoms with Crippen LogP contribution in [0.1, 0.15) is 18.4 Å². The molecule has 0 bridgehead atoms. The lowest BCUT2D eigenvalue weighted by atomic mass is 9.93. The van der Waals surface area contributed by atoms with Crippen molar-refractivity contribution >= 4 is 11.8 Å². The maximum Gasteiger partial charge on any atom is 0.247 e. The van der Waals surface area contributed by atoms with E-state index in [0.29, 0.717) is 6.54 Å². The van der Waals surface area contributed by atoms with Crippen LogP contribution in [0.5, 0.6) is 0 Å². The zero-order valence-corrected chi connectivity index (χ0v) is 10.1. The second-order valence-corrected chi connectivity index (χ2v) is 4.93. The Morgan fingerprint density at radius 3 is 2.67 bits per heavy atom. The molecule has 4 nitrogen and oxygen atoms in total. The number of imide groups is 1. The summed E-state index contributed by atoms with van der Waals surface area (Å²) in [6.07, 6.45) is 1.80. The largest absolute Gasteiger partial charge is 0.305 e. The van der Waals surface area contributed by atoms with Crippen LogP contribution in [0.15, 0.2) is 30.3 Å². The van der Waals surface area contributed by atoms with Crippen molar-refractivity contribution in [1.82, 2.24) is 10.2 Å². The number of carbonyl (C=O) groups excluding carboxylic acids is 2. The number of benzene rings is 1. The maximum absolute atomic E-state index is 12.2. The first-order chi connectivity index (χ1) is 8.77. The molecule has 2 atom stereocenters. The Balaban J connectivity index is 1.80. The monoisotopic (exact) mass is 244 g/mol. The molecule has 2 heterocycles. The maximum atomic E-state index is 12.2. The number of piperidine rings is 1. The number of hydrogen-bond acceptors (Lipinski definition) is 3. The first-order valence-corrected chi connectivity index (χ1v) is 6.40. The normalized spacial score (nSPS) is 27.4. The van der Waals surface area contributed by atoms with Crippen molar-refractivity contribution in [3.8, 4) is 0 Å². The zero-order chi connectivity index (χ0) is 12.5. The summed E-state index contributed by atoms with van der Waals surface area (Å²) in [4.78, 5) is 25.8. The summed E-state index contributed by atoms with van der Waals surface area (Å²) < 4.78 is 0. The van der Waals surface area contributed by atoms with Gasteiger partial charge in [-0.3, -0.25) is 14.5 Å². The SMILES string of the molecule is O=C1[C@@H]2CCCN[C@H]2C(=O)N1Cc1ccccc1. The first kappa shape index (κ1) is 11.4. The van der Waals surface area contributed by atoms with Gasteiger partial charge in [-0.1, -0.05) is 30.3 Å². The van der Waals surface area contributed by atoms with E-state index in [4.69, 9.17) is 0 Å². The molecule has 1 N–H and O–H groups in total. The van der Waals surface area contributed by atoms with Crippen LogP contribution in [0.2, 0.25) is 0 Å². The molecular formula is C14H16N2O2. The van der Waals surface area contributed by atoms with Crippen molar-refractivity contribution in [2.24, 2.45) is 5.92 Å². The Morgan fingerprint density at radius 2 is 1.94 bits per heavy atom. The molecule has 4 heteroatoms. The van der Waals surface area contributed by atoms with Gasteiger partial charge in [0.2, 0.25) is 11.8 Å². The van der Waals surface area contributed by atoms with Crippen molar-refractivity contribution in [2.45, 2.75) is 25.4 Å². The highest BCUT2D eigenvalue weighted by atomic mass is 16.2. The Bertz CT molecular complexity index is 448. The second-order valence-electron chi connectivity index (χ2n) is 4.93. The third-order valence-electron chi connectivity index (χ3n) is 3.76. The third kappa shape index (κ3) is 1.82. The molecule has 18 heavy (non-hydrogen) atoms. The molecule has 0 unspecified atom stereocenters. The van der Waals surface area contributed by atoms with Crippen LogP contribution in [0, 0.1) is 5.92 Å². The molecule has 2 aliphatic rings. The van der Waals surface area contributed by atoms with Gasteiger partial charge in [0.05, 0.1) is 18.5 Å². The topological polar surface area (TPSA) is 49.4 Å². The Hall–Kier alpha value is -1.68. The van der Waals surface area contributed by atoms with Gasteiger partial charge in [0.25, 0.3) is 0 Å². The summed E-state index contributed by atoms with van der Waals surface area (Å²) >= 11 is 0. The molecule has 0 aliphatic carbocycles. The lowest BCUT2D eigenvalue weighted by molar-refractivity contribution is -0.140.